The van der Waals surface area contributed by atoms with E-state index in [1.165, 1.54) is 24.3 Å². The molecule has 0 amide bonds. The van der Waals surface area contributed by atoms with Crippen LogP contribution in [0.25, 0.3) is 0 Å². The third-order valence-electron chi connectivity index (χ3n) is 3.96. The molecule has 0 spiro atoms. The number of hydrogen-bond acceptors (Lipinski definition) is 3. The van der Waals surface area contributed by atoms with Crippen LogP contribution in [-0.2, 0) is 5.67 Å². The average molecular weight is 409 g/mol. The summed E-state index contributed by atoms with van der Waals surface area (Å²) < 4.78 is 96.9. The molecule has 3 nitrogen and oxygen atoms in total. The van der Waals surface area contributed by atoms with Gasteiger partial charge in [0.25, 0.3) is 0 Å². The van der Waals surface area contributed by atoms with E-state index in [1.807, 2.05) is 0 Å². The summed E-state index contributed by atoms with van der Waals surface area (Å²) in [5, 5.41) is 0. The maximum atomic E-state index is 14.2. The maximum Gasteiger partial charge on any atom is 0.435 e. The Morgan fingerprint density at radius 1 is 0.893 bits per heavy atom. The zero-order chi connectivity index (χ0) is 21.5. The summed E-state index contributed by atoms with van der Waals surface area (Å²) in [6, 6.07) is 6.31. The van der Waals surface area contributed by atoms with Crippen molar-refractivity contribution in [2.45, 2.75) is 31.9 Å². The number of nitrogens with two attached hydrogens (primary N) is 1. The first-order chi connectivity index (χ1) is 12.7. The number of carbonyl (C=O) groups is 1. The predicted molar refractivity (Wildman–Crippen MR) is 86.6 cm³/mol. The Kier molecular flexibility index (Phi) is 5.37. The van der Waals surface area contributed by atoms with Crippen LogP contribution in [0.2, 0.25) is 0 Å². The van der Waals surface area contributed by atoms with Crippen LogP contribution < -0.4 is 10.5 Å². The van der Waals surface area contributed by atoms with Gasteiger partial charge in [0, 0.05) is 11.3 Å². The second kappa shape index (κ2) is 6.99. The molecule has 2 rings (SSSR count). The molecule has 0 unspecified atom stereocenters. The predicted octanol–water partition coefficient (Wildman–Crippen LogP) is 5.39. The maximum absolute atomic E-state index is 14.2. The monoisotopic (exact) mass is 409 g/mol. The molecule has 0 saturated carbocycles. The zero-order valence-electron chi connectivity index (χ0n) is 14.5. The van der Waals surface area contributed by atoms with E-state index in [-0.39, 0.29) is 28.1 Å². The minimum atomic E-state index is -6.23. The molecule has 0 aliphatic heterocycles. The highest BCUT2D eigenvalue weighted by atomic mass is 19.4. The summed E-state index contributed by atoms with van der Waals surface area (Å²) >= 11 is 0. The van der Waals surface area contributed by atoms with Gasteiger partial charge in [-0.2, -0.15) is 26.3 Å². The number of esters is 1. The molecule has 0 heterocycles. The highest BCUT2D eigenvalue weighted by Gasteiger charge is 2.73. The van der Waals surface area contributed by atoms with E-state index < -0.39 is 29.6 Å². The smallest absolute Gasteiger partial charge is 0.422 e. The summed E-state index contributed by atoms with van der Waals surface area (Å²) in [6.07, 6.45) is -12.5. The molecule has 28 heavy (non-hydrogen) atoms. The van der Waals surface area contributed by atoms with Crippen molar-refractivity contribution in [3.8, 4) is 5.75 Å². The molecule has 2 aromatic rings. The SMILES string of the molecule is Cc1cc(C(F)(C(F)(F)F)C(F)(F)F)cc(C)c1OC(=O)c1cccc(N)c1. The topological polar surface area (TPSA) is 52.3 Å². The van der Waals surface area contributed by atoms with Crippen LogP contribution in [0.15, 0.2) is 36.4 Å². The van der Waals surface area contributed by atoms with E-state index in [1.54, 1.807) is 0 Å². The lowest BCUT2D eigenvalue weighted by Gasteiger charge is -2.31. The van der Waals surface area contributed by atoms with E-state index in [0.717, 1.165) is 13.8 Å². The number of benzene rings is 2. The third-order valence-corrected chi connectivity index (χ3v) is 3.96. The van der Waals surface area contributed by atoms with Gasteiger partial charge in [-0.25, -0.2) is 9.18 Å². The van der Waals surface area contributed by atoms with E-state index >= 15 is 0 Å². The van der Waals surface area contributed by atoms with Gasteiger partial charge in [0.2, 0.25) is 0 Å². The minimum Gasteiger partial charge on any atom is -0.422 e. The first kappa shape index (κ1) is 21.5. The van der Waals surface area contributed by atoms with Crippen LogP contribution in [0.5, 0.6) is 5.75 Å². The van der Waals surface area contributed by atoms with Gasteiger partial charge in [0.1, 0.15) is 5.75 Å². The molecular formula is C18H14F7NO2. The Balaban J connectivity index is 2.49. The first-order valence-corrected chi connectivity index (χ1v) is 7.70. The summed E-state index contributed by atoms with van der Waals surface area (Å²) in [5.41, 5.74) is -1.96. The lowest BCUT2D eigenvalue weighted by molar-refractivity contribution is -0.348. The zero-order valence-corrected chi connectivity index (χ0v) is 14.5. The lowest BCUT2D eigenvalue weighted by atomic mass is 9.91. The quantitative estimate of drug-likeness (QED) is 0.320. The third kappa shape index (κ3) is 3.76. The van der Waals surface area contributed by atoms with E-state index in [9.17, 15) is 35.5 Å². The summed E-state index contributed by atoms with van der Waals surface area (Å²) in [6.45, 7) is 2.21. The van der Waals surface area contributed by atoms with Gasteiger partial charge in [-0.1, -0.05) is 6.07 Å². The number of rotatable bonds is 3. The molecule has 0 fully saturated rings. The molecular weight excluding hydrogens is 395 g/mol. The molecule has 2 N–H and O–H groups in total. The summed E-state index contributed by atoms with van der Waals surface area (Å²) in [7, 11) is 0. The number of halogens is 7. The first-order valence-electron chi connectivity index (χ1n) is 7.70. The van der Waals surface area contributed by atoms with Crippen LogP contribution in [0.1, 0.15) is 27.0 Å². The normalized spacial score (nSPS) is 12.8. The number of ether oxygens (including phenoxy) is 1. The van der Waals surface area contributed by atoms with Gasteiger partial charge in [0.15, 0.2) is 0 Å². The molecule has 0 atom stereocenters. The van der Waals surface area contributed by atoms with E-state index in [2.05, 4.69) is 0 Å². The number of hydrogen-bond donors (Lipinski definition) is 1. The Morgan fingerprint density at radius 3 is 1.82 bits per heavy atom. The molecule has 0 aliphatic rings. The highest BCUT2D eigenvalue weighted by Crippen LogP contribution is 2.53. The molecule has 10 heteroatoms. The van der Waals surface area contributed by atoms with Crippen molar-refractivity contribution in [2.24, 2.45) is 0 Å². The van der Waals surface area contributed by atoms with Crippen molar-refractivity contribution in [1.29, 1.82) is 0 Å². The molecule has 2 aromatic carbocycles. The molecule has 0 saturated heterocycles. The van der Waals surface area contributed by atoms with Crippen LogP contribution >= 0.6 is 0 Å². The van der Waals surface area contributed by atoms with Gasteiger partial charge < -0.3 is 10.5 Å². The van der Waals surface area contributed by atoms with Crippen molar-refractivity contribution in [3.05, 3.63) is 58.7 Å². The van der Waals surface area contributed by atoms with E-state index in [4.69, 9.17) is 10.5 Å². The fourth-order valence-corrected chi connectivity index (χ4v) is 2.62. The second-order valence-corrected chi connectivity index (χ2v) is 6.11. The van der Waals surface area contributed by atoms with Crippen molar-refractivity contribution >= 4 is 11.7 Å². The Morgan fingerprint density at radius 2 is 1.39 bits per heavy atom. The van der Waals surface area contributed by atoms with Gasteiger partial charge in [-0.3, -0.25) is 0 Å². The van der Waals surface area contributed by atoms with Crippen molar-refractivity contribution in [1.82, 2.24) is 0 Å². The standard InChI is InChI=1S/C18H14F7NO2/c1-9-6-12(16(19,17(20,21)22)18(23,24)25)7-10(2)14(9)28-15(27)11-4-3-5-13(26)8-11/h3-8H,26H2,1-2H3. The largest absolute Gasteiger partial charge is 0.435 e. The fraction of sp³-hybridized carbons (Fsp3) is 0.278. The fourth-order valence-electron chi connectivity index (χ4n) is 2.62. The number of alkyl halides is 7. The van der Waals surface area contributed by atoms with Gasteiger partial charge in [-0.05, 0) is 55.3 Å². The number of anilines is 1. The minimum absolute atomic E-state index is 0.0216. The Hall–Kier alpha value is -2.78. The van der Waals surface area contributed by atoms with Gasteiger partial charge in [-0.15, -0.1) is 0 Å². The molecule has 0 aliphatic carbocycles. The molecule has 0 aromatic heterocycles. The molecule has 0 bridgehead atoms. The summed E-state index contributed by atoms with van der Waals surface area (Å²) in [5.74, 6) is -1.20. The summed E-state index contributed by atoms with van der Waals surface area (Å²) in [4.78, 5) is 12.2. The van der Waals surface area contributed by atoms with Crippen molar-refractivity contribution in [2.75, 3.05) is 5.73 Å². The Labute approximate surface area is 154 Å². The molecule has 152 valence electrons. The van der Waals surface area contributed by atoms with Crippen LogP contribution in [0.3, 0.4) is 0 Å². The average Bonchev–Trinajstić information content (AvgIpc) is 2.54. The van der Waals surface area contributed by atoms with Crippen molar-refractivity contribution < 1.29 is 40.3 Å². The van der Waals surface area contributed by atoms with Gasteiger partial charge in [0.05, 0.1) is 5.56 Å². The molecule has 0 radical (unpaired) electrons. The Bertz CT molecular complexity index is 867. The van der Waals surface area contributed by atoms with E-state index in [0.29, 0.717) is 12.1 Å². The van der Waals surface area contributed by atoms with Crippen LogP contribution in [0, 0.1) is 13.8 Å². The van der Waals surface area contributed by atoms with Gasteiger partial charge >= 0.3 is 24.0 Å². The highest BCUT2D eigenvalue weighted by molar-refractivity contribution is 5.92. The number of nitrogen functional groups attached to an aromatic ring is 1. The van der Waals surface area contributed by atoms with Crippen LogP contribution in [0.4, 0.5) is 36.4 Å². The number of carbonyl (C=O) groups excluding carboxylic acids is 1. The second-order valence-electron chi connectivity index (χ2n) is 6.11. The lowest BCUT2D eigenvalue weighted by Crippen LogP contribution is -2.50. The van der Waals surface area contributed by atoms with Crippen LogP contribution in [-0.4, -0.2) is 18.3 Å². The number of aryl methyl sites for hydroxylation is 2. The van der Waals surface area contributed by atoms with Crippen molar-refractivity contribution in [3.63, 3.8) is 0 Å².